The van der Waals surface area contributed by atoms with Gasteiger partial charge < -0.3 is 5.73 Å². The Labute approximate surface area is 109 Å². The molecule has 2 rings (SSSR count). The van der Waals surface area contributed by atoms with E-state index in [-0.39, 0.29) is 6.04 Å². The lowest BCUT2D eigenvalue weighted by atomic mass is 9.92. The molecule has 1 fully saturated rings. The number of hydrogen-bond donors (Lipinski definition) is 1. The molecule has 0 aromatic heterocycles. The van der Waals surface area contributed by atoms with Gasteiger partial charge in [0, 0.05) is 19.1 Å². The molecule has 18 heavy (non-hydrogen) atoms. The fourth-order valence-electron chi connectivity index (χ4n) is 2.38. The minimum atomic E-state index is -3.32. The Hall–Kier alpha value is -0.910. The van der Waals surface area contributed by atoms with Crippen molar-refractivity contribution in [1.82, 2.24) is 4.31 Å². The summed E-state index contributed by atoms with van der Waals surface area (Å²) in [6.07, 6.45) is 1.70. The van der Waals surface area contributed by atoms with Crippen molar-refractivity contribution in [3.8, 4) is 0 Å². The molecule has 100 valence electrons. The quantitative estimate of drug-likeness (QED) is 0.902. The highest BCUT2D eigenvalue weighted by atomic mass is 32.2. The van der Waals surface area contributed by atoms with Gasteiger partial charge in [-0.25, -0.2) is 8.42 Å². The summed E-state index contributed by atoms with van der Waals surface area (Å²) >= 11 is 0. The van der Waals surface area contributed by atoms with Crippen LogP contribution in [0.4, 0.5) is 0 Å². The molecule has 1 aliphatic rings. The van der Waals surface area contributed by atoms with E-state index >= 15 is 0 Å². The Morgan fingerprint density at radius 3 is 2.28 bits per heavy atom. The average molecular weight is 268 g/mol. The van der Waals surface area contributed by atoms with E-state index < -0.39 is 10.0 Å². The topological polar surface area (TPSA) is 63.4 Å². The molecule has 4 nitrogen and oxygen atoms in total. The van der Waals surface area contributed by atoms with E-state index in [4.69, 9.17) is 5.73 Å². The lowest BCUT2D eigenvalue weighted by Gasteiger charge is -2.32. The highest BCUT2D eigenvalue weighted by Gasteiger charge is 2.30. The third kappa shape index (κ3) is 2.74. The van der Waals surface area contributed by atoms with E-state index in [2.05, 4.69) is 0 Å². The van der Waals surface area contributed by atoms with Gasteiger partial charge in [-0.3, -0.25) is 0 Å². The zero-order chi connectivity index (χ0) is 13.2. The molecular formula is C13H20N2O2S. The summed E-state index contributed by atoms with van der Waals surface area (Å²) in [5.41, 5.74) is 5.86. The number of nitrogens with zero attached hydrogens (tertiary/aromatic N) is 1. The average Bonchev–Trinajstić information content (AvgIpc) is 2.40. The van der Waals surface area contributed by atoms with Crippen molar-refractivity contribution in [2.24, 2.45) is 11.7 Å². The molecular weight excluding hydrogens is 248 g/mol. The second kappa shape index (κ2) is 5.38. The van der Waals surface area contributed by atoms with Crippen molar-refractivity contribution < 1.29 is 8.42 Å². The lowest BCUT2D eigenvalue weighted by molar-refractivity contribution is 0.250. The van der Waals surface area contributed by atoms with E-state index in [1.54, 1.807) is 28.6 Å². The molecule has 5 heteroatoms. The Bertz CT molecular complexity index is 477. The van der Waals surface area contributed by atoms with Crippen LogP contribution in [0.2, 0.25) is 0 Å². The Kier molecular flexibility index (Phi) is 4.04. The smallest absolute Gasteiger partial charge is 0.243 e. The number of hydrogen-bond acceptors (Lipinski definition) is 3. The summed E-state index contributed by atoms with van der Waals surface area (Å²) in [7, 11) is -3.32. The minimum Gasteiger partial charge on any atom is -0.328 e. The summed E-state index contributed by atoms with van der Waals surface area (Å²) in [6, 6.07) is 8.76. The SMILES string of the molecule is CC(N)C1CCN(S(=O)(=O)c2ccccc2)CC1. The molecule has 1 aromatic rings. The normalized spacial score (nSPS) is 20.8. The first-order chi connectivity index (χ1) is 8.51. The summed E-state index contributed by atoms with van der Waals surface area (Å²) < 4.78 is 26.3. The molecule has 0 aliphatic carbocycles. The van der Waals surface area contributed by atoms with Crippen molar-refractivity contribution in [2.45, 2.75) is 30.7 Å². The second-order valence-electron chi connectivity index (χ2n) is 4.91. The van der Waals surface area contributed by atoms with Crippen LogP contribution in [0.1, 0.15) is 19.8 Å². The van der Waals surface area contributed by atoms with Gasteiger partial charge in [0.2, 0.25) is 10.0 Å². The minimum absolute atomic E-state index is 0.145. The number of rotatable bonds is 3. The van der Waals surface area contributed by atoms with E-state index in [1.165, 1.54) is 0 Å². The fourth-order valence-corrected chi connectivity index (χ4v) is 3.87. The molecule has 0 radical (unpaired) electrons. The van der Waals surface area contributed by atoms with Gasteiger partial charge in [-0.2, -0.15) is 4.31 Å². The van der Waals surface area contributed by atoms with Crippen LogP contribution in [-0.2, 0) is 10.0 Å². The van der Waals surface area contributed by atoms with Gasteiger partial charge in [-0.05, 0) is 37.8 Å². The van der Waals surface area contributed by atoms with E-state index in [9.17, 15) is 8.42 Å². The van der Waals surface area contributed by atoms with Gasteiger partial charge in [0.25, 0.3) is 0 Å². The van der Waals surface area contributed by atoms with E-state index in [0.717, 1.165) is 12.8 Å². The van der Waals surface area contributed by atoms with Gasteiger partial charge in [0.05, 0.1) is 4.90 Å². The lowest BCUT2D eigenvalue weighted by Crippen LogP contribution is -2.42. The maximum atomic E-state index is 12.4. The van der Waals surface area contributed by atoms with Crippen LogP contribution >= 0.6 is 0 Å². The number of benzene rings is 1. The van der Waals surface area contributed by atoms with Crippen LogP contribution in [0.15, 0.2) is 35.2 Å². The third-order valence-electron chi connectivity index (χ3n) is 3.62. The van der Waals surface area contributed by atoms with Crippen LogP contribution in [0.3, 0.4) is 0 Å². The Balaban J connectivity index is 2.10. The van der Waals surface area contributed by atoms with Crippen LogP contribution in [0, 0.1) is 5.92 Å². The van der Waals surface area contributed by atoms with Gasteiger partial charge in [-0.1, -0.05) is 18.2 Å². The predicted molar refractivity (Wildman–Crippen MR) is 71.6 cm³/mol. The largest absolute Gasteiger partial charge is 0.328 e. The van der Waals surface area contributed by atoms with Crippen LogP contribution < -0.4 is 5.73 Å². The van der Waals surface area contributed by atoms with Crippen LogP contribution in [0.25, 0.3) is 0 Å². The number of nitrogens with two attached hydrogens (primary N) is 1. The van der Waals surface area contributed by atoms with Gasteiger partial charge >= 0.3 is 0 Å². The Morgan fingerprint density at radius 2 is 1.78 bits per heavy atom. The van der Waals surface area contributed by atoms with Gasteiger partial charge in [0.1, 0.15) is 0 Å². The molecule has 0 amide bonds. The van der Waals surface area contributed by atoms with Crippen molar-refractivity contribution in [1.29, 1.82) is 0 Å². The molecule has 1 atom stereocenters. The maximum absolute atomic E-state index is 12.4. The van der Waals surface area contributed by atoms with Crippen molar-refractivity contribution in [3.63, 3.8) is 0 Å². The van der Waals surface area contributed by atoms with Crippen molar-refractivity contribution in [2.75, 3.05) is 13.1 Å². The summed E-state index contributed by atoms with van der Waals surface area (Å²) in [5.74, 6) is 0.437. The molecule has 1 aromatic carbocycles. The molecule has 0 saturated carbocycles. The molecule has 1 aliphatic heterocycles. The zero-order valence-corrected chi connectivity index (χ0v) is 11.4. The molecule has 1 unspecified atom stereocenters. The molecule has 2 N–H and O–H groups in total. The summed E-state index contributed by atoms with van der Waals surface area (Å²) in [4.78, 5) is 0.379. The molecule has 1 saturated heterocycles. The highest BCUT2D eigenvalue weighted by molar-refractivity contribution is 7.89. The van der Waals surface area contributed by atoms with Gasteiger partial charge in [-0.15, -0.1) is 0 Å². The van der Waals surface area contributed by atoms with E-state index in [0.29, 0.717) is 23.9 Å². The molecule has 0 spiro atoms. The highest BCUT2D eigenvalue weighted by Crippen LogP contribution is 2.24. The second-order valence-corrected chi connectivity index (χ2v) is 6.85. The fraction of sp³-hybridized carbons (Fsp3) is 0.538. The zero-order valence-electron chi connectivity index (χ0n) is 10.6. The Morgan fingerprint density at radius 1 is 1.22 bits per heavy atom. The number of piperidine rings is 1. The summed E-state index contributed by atoms with van der Waals surface area (Å²) in [5, 5.41) is 0. The van der Waals surface area contributed by atoms with Crippen molar-refractivity contribution in [3.05, 3.63) is 30.3 Å². The first-order valence-corrected chi connectivity index (χ1v) is 7.76. The first-order valence-electron chi connectivity index (χ1n) is 6.32. The molecule has 1 heterocycles. The molecule has 0 bridgehead atoms. The van der Waals surface area contributed by atoms with Gasteiger partial charge in [0.15, 0.2) is 0 Å². The monoisotopic (exact) mass is 268 g/mol. The summed E-state index contributed by atoms with van der Waals surface area (Å²) in [6.45, 7) is 3.14. The van der Waals surface area contributed by atoms with Crippen molar-refractivity contribution >= 4 is 10.0 Å². The first kappa shape index (κ1) is 13.5. The maximum Gasteiger partial charge on any atom is 0.243 e. The van der Waals surface area contributed by atoms with Crippen LogP contribution in [-0.4, -0.2) is 31.9 Å². The standard InChI is InChI=1S/C13H20N2O2S/c1-11(14)12-7-9-15(10-8-12)18(16,17)13-5-3-2-4-6-13/h2-6,11-12H,7-10,14H2,1H3. The number of sulfonamides is 1. The predicted octanol–water partition coefficient (Wildman–Crippen LogP) is 1.43. The van der Waals surface area contributed by atoms with Crippen LogP contribution in [0.5, 0.6) is 0 Å². The van der Waals surface area contributed by atoms with E-state index in [1.807, 2.05) is 13.0 Å². The third-order valence-corrected chi connectivity index (χ3v) is 5.54.